The van der Waals surface area contributed by atoms with Gasteiger partial charge in [0.05, 0.1) is 6.54 Å². The first-order valence-electron chi connectivity index (χ1n) is 6.57. The molecule has 0 radical (unpaired) electrons. The van der Waals surface area contributed by atoms with Crippen molar-refractivity contribution in [3.63, 3.8) is 0 Å². The SMILES string of the molecule is O=C1NCC(=O)N(Cc2ccc(Cl)cc2F)C1C1CC1. The standard InChI is InChI=1S/C14H14ClFN2O2/c15-10-4-3-9(11(16)5-10)7-18-12(19)6-17-14(20)13(18)8-1-2-8/h3-5,8,13H,1-2,6-7H2,(H,17,20). The Morgan fingerprint density at radius 2 is 2.10 bits per heavy atom. The van der Waals surface area contributed by atoms with Crippen LogP contribution in [-0.2, 0) is 16.1 Å². The van der Waals surface area contributed by atoms with E-state index in [-0.39, 0.29) is 30.8 Å². The smallest absolute Gasteiger partial charge is 0.243 e. The van der Waals surface area contributed by atoms with E-state index in [1.807, 2.05) is 0 Å². The van der Waals surface area contributed by atoms with Crippen LogP contribution in [0.1, 0.15) is 18.4 Å². The lowest BCUT2D eigenvalue weighted by Crippen LogP contribution is -2.58. The lowest BCUT2D eigenvalue weighted by Gasteiger charge is -2.35. The molecule has 0 bridgehead atoms. The summed E-state index contributed by atoms with van der Waals surface area (Å²) in [4.78, 5) is 25.5. The van der Waals surface area contributed by atoms with E-state index < -0.39 is 11.9 Å². The van der Waals surface area contributed by atoms with Gasteiger partial charge in [0, 0.05) is 17.1 Å². The Bertz CT molecular complexity index is 574. The van der Waals surface area contributed by atoms with Crippen LogP contribution in [0, 0.1) is 11.7 Å². The molecule has 1 saturated heterocycles. The van der Waals surface area contributed by atoms with Gasteiger partial charge in [-0.2, -0.15) is 0 Å². The molecule has 4 nitrogen and oxygen atoms in total. The number of piperazine rings is 1. The quantitative estimate of drug-likeness (QED) is 0.923. The van der Waals surface area contributed by atoms with Gasteiger partial charge in [0.1, 0.15) is 11.9 Å². The van der Waals surface area contributed by atoms with Crippen molar-refractivity contribution in [3.8, 4) is 0 Å². The molecule has 1 aliphatic carbocycles. The van der Waals surface area contributed by atoms with Crippen LogP contribution in [0.3, 0.4) is 0 Å². The molecule has 2 fully saturated rings. The normalized spacial score (nSPS) is 22.9. The Hall–Kier alpha value is -1.62. The predicted octanol–water partition coefficient (Wildman–Crippen LogP) is 1.72. The van der Waals surface area contributed by atoms with Gasteiger partial charge in [-0.3, -0.25) is 9.59 Å². The van der Waals surface area contributed by atoms with Gasteiger partial charge < -0.3 is 10.2 Å². The Balaban J connectivity index is 1.85. The number of nitrogens with one attached hydrogen (secondary N) is 1. The van der Waals surface area contributed by atoms with Crippen LogP contribution in [0.5, 0.6) is 0 Å². The van der Waals surface area contributed by atoms with Gasteiger partial charge in [-0.25, -0.2) is 4.39 Å². The lowest BCUT2D eigenvalue weighted by molar-refractivity contribution is -0.147. The number of amides is 2. The van der Waals surface area contributed by atoms with Gasteiger partial charge >= 0.3 is 0 Å². The first kappa shape index (κ1) is 13.4. The summed E-state index contributed by atoms with van der Waals surface area (Å²) in [6.07, 6.45) is 1.87. The highest BCUT2D eigenvalue weighted by atomic mass is 35.5. The van der Waals surface area contributed by atoms with Crippen LogP contribution < -0.4 is 5.32 Å². The highest BCUT2D eigenvalue weighted by Crippen LogP contribution is 2.37. The second-order valence-electron chi connectivity index (χ2n) is 5.26. The number of carbonyl (C=O) groups excluding carboxylic acids is 2. The van der Waals surface area contributed by atoms with E-state index in [9.17, 15) is 14.0 Å². The second kappa shape index (κ2) is 5.05. The molecule has 0 aromatic heterocycles. The molecule has 1 aromatic carbocycles. The Labute approximate surface area is 120 Å². The van der Waals surface area contributed by atoms with Crippen LogP contribution in [0.2, 0.25) is 5.02 Å². The summed E-state index contributed by atoms with van der Waals surface area (Å²) in [5.74, 6) is -0.558. The monoisotopic (exact) mass is 296 g/mol. The van der Waals surface area contributed by atoms with Crippen LogP contribution in [0.15, 0.2) is 18.2 Å². The van der Waals surface area contributed by atoms with Gasteiger partial charge in [-0.1, -0.05) is 17.7 Å². The van der Waals surface area contributed by atoms with Crippen molar-refractivity contribution in [1.82, 2.24) is 10.2 Å². The average molecular weight is 297 g/mol. The summed E-state index contributed by atoms with van der Waals surface area (Å²) in [7, 11) is 0. The van der Waals surface area contributed by atoms with Gasteiger partial charge in [-0.05, 0) is 30.9 Å². The molecule has 0 spiro atoms. The predicted molar refractivity (Wildman–Crippen MR) is 71.5 cm³/mol. The number of halogens is 2. The third-order valence-corrected chi connectivity index (χ3v) is 4.00. The zero-order chi connectivity index (χ0) is 14.3. The minimum absolute atomic E-state index is 0.0166. The highest BCUT2D eigenvalue weighted by Gasteiger charge is 2.44. The largest absolute Gasteiger partial charge is 0.345 e. The first-order valence-corrected chi connectivity index (χ1v) is 6.95. The van der Waals surface area contributed by atoms with Crippen LogP contribution >= 0.6 is 11.6 Å². The minimum Gasteiger partial charge on any atom is -0.345 e. The van der Waals surface area contributed by atoms with E-state index in [4.69, 9.17) is 11.6 Å². The number of hydrogen-bond acceptors (Lipinski definition) is 2. The molecular formula is C14H14ClFN2O2. The topological polar surface area (TPSA) is 49.4 Å². The fourth-order valence-corrected chi connectivity index (χ4v) is 2.72. The van der Waals surface area contributed by atoms with Gasteiger partial charge in [0.2, 0.25) is 11.8 Å². The van der Waals surface area contributed by atoms with Crippen LogP contribution in [0.4, 0.5) is 4.39 Å². The zero-order valence-electron chi connectivity index (χ0n) is 10.7. The molecule has 1 unspecified atom stereocenters. The van der Waals surface area contributed by atoms with E-state index in [2.05, 4.69) is 5.32 Å². The molecule has 20 heavy (non-hydrogen) atoms. The van der Waals surface area contributed by atoms with Crippen molar-refractivity contribution in [2.75, 3.05) is 6.54 Å². The number of hydrogen-bond donors (Lipinski definition) is 1. The fourth-order valence-electron chi connectivity index (χ4n) is 2.57. The Kier molecular flexibility index (Phi) is 3.38. The summed E-state index contributed by atoms with van der Waals surface area (Å²) in [5.41, 5.74) is 0.378. The van der Waals surface area contributed by atoms with Crippen molar-refractivity contribution < 1.29 is 14.0 Å². The molecule has 106 valence electrons. The van der Waals surface area contributed by atoms with E-state index in [0.717, 1.165) is 12.8 Å². The summed E-state index contributed by atoms with van der Waals surface area (Å²) in [6, 6.07) is 3.89. The van der Waals surface area contributed by atoms with E-state index in [1.54, 1.807) is 12.1 Å². The van der Waals surface area contributed by atoms with Gasteiger partial charge in [0.15, 0.2) is 0 Å². The molecule has 6 heteroatoms. The molecule has 2 aliphatic rings. The molecule has 1 saturated carbocycles. The summed E-state index contributed by atoms with van der Waals surface area (Å²) in [5, 5.41) is 2.91. The first-order chi connectivity index (χ1) is 9.56. The lowest BCUT2D eigenvalue weighted by atomic mass is 10.1. The maximum atomic E-state index is 13.9. The zero-order valence-corrected chi connectivity index (χ0v) is 11.5. The summed E-state index contributed by atoms with van der Waals surface area (Å²) >= 11 is 5.72. The molecule has 1 atom stereocenters. The van der Waals surface area contributed by atoms with Crippen molar-refractivity contribution in [2.24, 2.45) is 5.92 Å². The van der Waals surface area contributed by atoms with Crippen molar-refractivity contribution in [1.29, 1.82) is 0 Å². The van der Waals surface area contributed by atoms with Crippen LogP contribution in [-0.4, -0.2) is 29.3 Å². The fraction of sp³-hybridized carbons (Fsp3) is 0.429. The maximum absolute atomic E-state index is 13.9. The summed E-state index contributed by atoms with van der Waals surface area (Å²) in [6.45, 7) is 0.0910. The van der Waals surface area contributed by atoms with Crippen molar-refractivity contribution >= 4 is 23.4 Å². The number of carbonyl (C=O) groups is 2. The van der Waals surface area contributed by atoms with Crippen LogP contribution in [0.25, 0.3) is 0 Å². The molecule has 1 heterocycles. The van der Waals surface area contributed by atoms with Gasteiger partial charge in [0.25, 0.3) is 0 Å². The maximum Gasteiger partial charge on any atom is 0.243 e. The third-order valence-electron chi connectivity index (χ3n) is 3.76. The molecule has 1 aromatic rings. The average Bonchev–Trinajstić information content (AvgIpc) is 3.21. The molecular weight excluding hydrogens is 283 g/mol. The highest BCUT2D eigenvalue weighted by molar-refractivity contribution is 6.30. The Morgan fingerprint density at radius 1 is 1.35 bits per heavy atom. The summed E-state index contributed by atoms with van der Waals surface area (Å²) < 4.78 is 13.9. The molecule has 1 aliphatic heterocycles. The number of benzene rings is 1. The molecule has 1 N–H and O–H groups in total. The van der Waals surface area contributed by atoms with Crippen molar-refractivity contribution in [3.05, 3.63) is 34.6 Å². The molecule has 3 rings (SSSR count). The van der Waals surface area contributed by atoms with E-state index >= 15 is 0 Å². The second-order valence-corrected chi connectivity index (χ2v) is 5.69. The molecule has 2 amide bonds. The Morgan fingerprint density at radius 3 is 2.75 bits per heavy atom. The van der Waals surface area contributed by atoms with Gasteiger partial charge in [-0.15, -0.1) is 0 Å². The van der Waals surface area contributed by atoms with E-state index in [0.29, 0.717) is 10.6 Å². The van der Waals surface area contributed by atoms with Crippen molar-refractivity contribution in [2.45, 2.75) is 25.4 Å². The number of rotatable bonds is 3. The minimum atomic E-state index is -0.466. The third kappa shape index (κ3) is 2.50. The number of nitrogens with zero attached hydrogens (tertiary/aromatic N) is 1. The van der Waals surface area contributed by atoms with E-state index in [1.165, 1.54) is 11.0 Å².